The van der Waals surface area contributed by atoms with Crippen LogP contribution in [0.2, 0.25) is 0 Å². The highest BCUT2D eigenvalue weighted by atomic mass is 16.6. The van der Waals surface area contributed by atoms with Crippen LogP contribution in [0.25, 0.3) is 0 Å². The van der Waals surface area contributed by atoms with E-state index in [2.05, 4.69) is 5.32 Å². The zero-order valence-electron chi connectivity index (χ0n) is 11.1. The minimum Gasteiger partial charge on any atom is -0.444 e. The molecule has 1 fully saturated rings. The summed E-state index contributed by atoms with van der Waals surface area (Å²) in [4.78, 5) is 11.6. The van der Waals surface area contributed by atoms with Gasteiger partial charge in [-0.3, -0.25) is 0 Å². The Balaban J connectivity index is 1.85. The van der Waals surface area contributed by atoms with Crippen molar-refractivity contribution in [1.82, 2.24) is 5.32 Å². The maximum absolute atomic E-state index is 11.6. The number of alkyl carbamates (subject to hydrolysis) is 1. The largest absolute Gasteiger partial charge is 0.444 e. The molecule has 0 heterocycles. The van der Waals surface area contributed by atoms with Gasteiger partial charge in [-0.05, 0) is 44.9 Å². The highest BCUT2D eigenvalue weighted by Crippen LogP contribution is 2.41. The molecule has 0 spiro atoms. The van der Waals surface area contributed by atoms with E-state index in [1.807, 2.05) is 45.0 Å². The van der Waals surface area contributed by atoms with E-state index in [1.54, 1.807) is 0 Å². The van der Waals surface area contributed by atoms with Crippen LogP contribution in [-0.2, 0) is 4.74 Å². The zero-order chi connectivity index (χ0) is 13.3. The summed E-state index contributed by atoms with van der Waals surface area (Å²) in [6, 6.07) is 7.98. The predicted octanol–water partition coefficient (Wildman–Crippen LogP) is 2.65. The van der Waals surface area contributed by atoms with E-state index in [0.29, 0.717) is 5.92 Å². The number of hydrogen-bond donors (Lipinski definition) is 2. The van der Waals surface area contributed by atoms with E-state index in [0.717, 1.165) is 12.1 Å². The zero-order valence-corrected chi connectivity index (χ0v) is 11.1. The van der Waals surface area contributed by atoms with Gasteiger partial charge in [0, 0.05) is 17.6 Å². The summed E-state index contributed by atoms with van der Waals surface area (Å²) in [6.45, 7) is 5.57. The summed E-state index contributed by atoms with van der Waals surface area (Å²) >= 11 is 0. The number of carbonyl (C=O) groups is 1. The Kier molecular flexibility index (Phi) is 3.20. The van der Waals surface area contributed by atoms with Crippen LogP contribution >= 0.6 is 0 Å². The maximum atomic E-state index is 11.6. The van der Waals surface area contributed by atoms with Crippen LogP contribution in [0.1, 0.15) is 38.7 Å². The van der Waals surface area contributed by atoms with Gasteiger partial charge in [-0.1, -0.05) is 12.1 Å². The number of benzene rings is 1. The third-order valence-corrected chi connectivity index (χ3v) is 2.86. The molecular weight excluding hydrogens is 228 g/mol. The number of nitrogens with two attached hydrogens (primary N) is 1. The van der Waals surface area contributed by atoms with Crippen LogP contribution in [0.5, 0.6) is 0 Å². The number of hydrogen-bond acceptors (Lipinski definition) is 3. The fourth-order valence-electron chi connectivity index (χ4n) is 1.93. The second-order valence-electron chi connectivity index (χ2n) is 5.76. The number of nitrogen functional groups attached to an aromatic ring is 1. The van der Waals surface area contributed by atoms with Gasteiger partial charge in [-0.25, -0.2) is 4.79 Å². The number of carbonyl (C=O) groups excluding carboxylic acids is 1. The van der Waals surface area contributed by atoms with Crippen LogP contribution in [0.3, 0.4) is 0 Å². The highest BCUT2D eigenvalue weighted by molar-refractivity contribution is 5.69. The number of amides is 1. The van der Waals surface area contributed by atoms with Crippen LogP contribution in [0, 0.1) is 0 Å². The van der Waals surface area contributed by atoms with Crippen molar-refractivity contribution in [3.63, 3.8) is 0 Å². The first-order valence-electron chi connectivity index (χ1n) is 6.20. The lowest BCUT2D eigenvalue weighted by atomic mass is 10.1. The van der Waals surface area contributed by atoms with E-state index in [-0.39, 0.29) is 12.1 Å². The molecule has 2 atom stereocenters. The average Bonchev–Trinajstić information content (AvgIpc) is 2.95. The van der Waals surface area contributed by atoms with E-state index < -0.39 is 5.60 Å². The molecule has 1 aromatic carbocycles. The summed E-state index contributed by atoms with van der Waals surface area (Å²) in [7, 11) is 0. The van der Waals surface area contributed by atoms with Gasteiger partial charge in [-0.15, -0.1) is 0 Å². The third-order valence-electron chi connectivity index (χ3n) is 2.86. The second-order valence-corrected chi connectivity index (χ2v) is 5.76. The number of nitrogens with one attached hydrogen (secondary N) is 1. The van der Waals surface area contributed by atoms with Gasteiger partial charge in [0.1, 0.15) is 5.60 Å². The molecule has 1 aliphatic rings. The van der Waals surface area contributed by atoms with Crippen molar-refractivity contribution in [1.29, 1.82) is 0 Å². The fourth-order valence-corrected chi connectivity index (χ4v) is 1.93. The first-order valence-corrected chi connectivity index (χ1v) is 6.20. The van der Waals surface area contributed by atoms with Crippen molar-refractivity contribution in [2.75, 3.05) is 5.73 Å². The molecule has 0 radical (unpaired) electrons. The molecular formula is C14H20N2O2. The fraction of sp³-hybridized carbons (Fsp3) is 0.500. The van der Waals surface area contributed by atoms with Crippen molar-refractivity contribution in [3.05, 3.63) is 29.8 Å². The molecule has 1 aliphatic carbocycles. The summed E-state index contributed by atoms with van der Waals surface area (Å²) in [6.07, 6.45) is 0.619. The first-order chi connectivity index (χ1) is 8.35. The van der Waals surface area contributed by atoms with Gasteiger partial charge in [0.2, 0.25) is 0 Å². The van der Waals surface area contributed by atoms with Gasteiger partial charge >= 0.3 is 6.09 Å². The number of ether oxygens (including phenoxy) is 1. The van der Waals surface area contributed by atoms with Crippen molar-refractivity contribution < 1.29 is 9.53 Å². The van der Waals surface area contributed by atoms with Crippen molar-refractivity contribution in [2.24, 2.45) is 0 Å². The predicted molar refractivity (Wildman–Crippen MR) is 71.4 cm³/mol. The van der Waals surface area contributed by atoms with Gasteiger partial charge in [0.25, 0.3) is 0 Å². The highest BCUT2D eigenvalue weighted by Gasteiger charge is 2.40. The Hall–Kier alpha value is -1.71. The van der Waals surface area contributed by atoms with Crippen molar-refractivity contribution >= 4 is 11.8 Å². The van der Waals surface area contributed by atoms with Gasteiger partial charge in [0.05, 0.1) is 0 Å². The van der Waals surface area contributed by atoms with Crippen LogP contribution in [0.15, 0.2) is 24.3 Å². The summed E-state index contributed by atoms with van der Waals surface area (Å²) in [5, 5.41) is 2.88. The van der Waals surface area contributed by atoms with Crippen LogP contribution in [0.4, 0.5) is 10.5 Å². The topological polar surface area (TPSA) is 64.3 Å². The van der Waals surface area contributed by atoms with Gasteiger partial charge in [-0.2, -0.15) is 0 Å². The Morgan fingerprint density at radius 2 is 1.94 bits per heavy atom. The first kappa shape index (κ1) is 12.7. The Labute approximate surface area is 108 Å². The summed E-state index contributed by atoms with van der Waals surface area (Å²) < 4.78 is 5.22. The SMILES string of the molecule is CC(C)(C)OC(=O)N[C@H]1C[C@@H]1c1ccc(N)cc1. The Morgan fingerprint density at radius 3 is 2.50 bits per heavy atom. The number of anilines is 1. The van der Waals surface area contributed by atoms with Crippen LogP contribution in [-0.4, -0.2) is 17.7 Å². The van der Waals surface area contributed by atoms with E-state index in [1.165, 1.54) is 5.56 Å². The minimum absolute atomic E-state index is 0.184. The smallest absolute Gasteiger partial charge is 0.407 e. The van der Waals surface area contributed by atoms with Crippen LogP contribution < -0.4 is 11.1 Å². The molecule has 98 valence electrons. The molecule has 3 N–H and O–H groups in total. The minimum atomic E-state index is -0.449. The lowest BCUT2D eigenvalue weighted by Gasteiger charge is -2.19. The maximum Gasteiger partial charge on any atom is 0.407 e. The lowest BCUT2D eigenvalue weighted by molar-refractivity contribution is 0.0523. The standard InChI is InChI=1S/C14H20N2O2/c1-14(2,3)18-13(17)16-12-8-11(12)9-4-6-10(15)7-5-9/h4-7,11-12H,8,15H2,1-3H3,(H,16,17)/t11-,12+/m1/s1. The molecule has 0 saturated heterocycles. The van der Waals surface area contributed by atoms with Gasteiger partial charge < -0.3 is 15.8 Å². The normalized spacial score (nSPS) is 22.4. The third kappa shape index (κ3) is 3.39. The molecule has 0 aliphatic heterocycles. The lowest BCUT2D eigenvalue weighted by Crippen LogP contribution is -2.34. The molecule has 0 bridgehead atoms. The Morgan fingerprint density at radius 1 is 1.33 bits per heavy atom. The molecule has 1 amide bonds. The van der Waals surface area contributed by atoms with Gasteiger partial charge in [0.15, 0.2) is 0 Å². The molecule has 0 unspecified atom stereocenters. The average molecular weight is 248 g/mol. The van der Waals surface area contributed by atoms with E-state index >= 15 is 0 Å². The molecule has 0 aromatic heterocycles. The quantitative estimate of drug-likeness (QED) is 0.791. The van der Waals surface area contributed by atoms with Crippen molar-refractivity contribution in [2.45, 2.75) is 44.8 Å². The summed E-state index contributed by atoms with van der Waals surface area (Å²) in [5.41, 5.74) is 7.17. The Bertz CT molecular complexity index is 434. The molecule has 4 heteroatoms. The molecule has 2 rings (SSSR count). The van der Waals surface area contributed by atoms with E-state index in [4.69, 9.17) is 10.5 Å². The molecule has 1 aromatic rings. The monoisotopic (exact) mass is 248 g/mol. The van der Waals surface area contributed by atoms with Crippen molar-refractivity contribution in [3.8, 4) is 0 Å². The number of rotatable bonds is 2. The van der Waals surface area contributed by atoms with E-state index in [9.17, 15) is 4.79 Å². The molecule has 18 heavy (non-hydrogen) atoms. The summed E-state index contributed by atoms with van der Waals surface area (Å²) in [5.74, 6) is 0.387. The molecule has 4 nitrogen and oxygen atoms in total. The second kappa shape index (κ2) is 4.52. The molecule has 1 saturated carbocycles.